The number of benzene rings is 1. The molecular weight excluding hydrogens is 230 g/mol. The molecule has 3 N–H and O–H groups in total. The fraction of sp³-hybridized carbons (Fsp3) is 0.154. The molecule has 18 heavy (non-hydrogen) atoms. The van der Waals surface area contributed by atoms with Gasteiger partial charge in [0.05, 0.1) is 37.5 Å². The minimum absolute atomic E-state index is 0.604. The van der Waals surface area contributed by atoms with Gasteiger partial charge >= 0.3 is 0 Å². The Kier molecular flexibility index (Phi) is 3.52. The number of pyridine rings is 1. The Hall–Kier alpha value is -2.43. The predicted molar refractivity (Wildman–Crippen MR) is 71.5 cm³/mol. The smallest absolute Gasteiger partial charge is 0.145 e. The Morgan fingerprint density at radius 3 is 2.61 bits per heavy atom. The summed E-state index contributed by atoms with van der Waals surface area (Å²) in [4.78, 5) is 4.02. The molecule has 0 radical (unpaired) electrons. The number of aromatic nitrogens is 1. The second-order valence-electron chi connectivity index (χ2n) is 3.70. The van der Waals surface area contributed by atoms with Gasteiger partial charge in [-0.15, -0.1) is 0 Å². The van der Waals surface area contributed by atoms with E-state index in [1.807, 2.05) is 18.2 Å². The molecule has 5 nitrogen and oxygen atoms in total. The van der Waals surface area contributed by atoms with Gasteiger partial charge in [0.25, 0.3) is 0 Å². The van der Waals surface area contributed by atoms with E-state index in [1.54, 1.807) is 32.7 Å². The van der Waals surface area contributed by atoms with E-state index in [0.717, 1.165) is 17.1 Å². The third-order valence-corrected chi connectivity index (χ3v) is 2.45. The van der Waals surface area contributed by atoms with Gasteiger partial charge in [-0.3, -0.25) is 4.98 Å². The zero-order valence-corrected chi connectivity index (χ0v) is 10.3. The first-order chi connectivity index (χ1) is 8.72. The molecule has 0 unspecified atom stereocenters. The molecule has 0 aliphatic carbocycles. The molecule has 2 aromatic rings. The second-order valence-corrected chi connectivity index (χ2v) is 3.70. The van der Waals surface area contributed by atoms with E-state index in [4.69, 9.17) is 15.2 Å². The number of hydrogen-bond donors (Lipinski definition) is 2. The van der Waals surface area contributed by atoms with Crippen LogP contribution >= 0.6 is 0 Å². The van der Waals surface area contributed by atoms with Crippen LogP contribution in [-0.4, -0.2) is 19.2 Å². The maximum Gasteiger partial charge on any atom is 0.145 e. The zero-order valence-electron chi connectivity index (χ0n) is 10.3. The highest BCUT2D eigenvalue weighted by molar-refractivity contribution is 5.68. The van der Waals surface area contributed by atoms with Crippen LogP contribution in [0.4, 0.5) is 17.1 Å². The third kappa shape index (κ3) is 2.63. The minimum Gasteiger partial charge on any atom is -0.497 e. The summed E-state index contributed by atoms with van der Waals surface area (Å²) in [6.45, 7) is 0. The Balaban J connectivity index is 2.28. The number of nitrogens with two attached hydrogens (primary N) is 1. The van der Waals surface area contributed by atoms with Crippen molar-refractivity contribution in [2.24, 2.45) is 0 Å². The van der Waals surface area contributed by atoms with E-state index < -0.39 is 0 Å². The molecule has 0 amide bonds. The van der Waals surface area contributed by atoms with Crippen molar-refractivity contribution < 1.29 is 9.47 Å². The maximum atomic E-state index is 5.67. The molecule has 0 atom stereocenters. The number of ether oxygens (including phenoxy) is 2. The molecule has 0 aliphatic rings. The molecule has 5 heteroatoms. The fourth-order valence-corrected chi connectivity index (χ4v) is 1.58. The summed E-state index contributed by atoms with van der Waals surface area (Å²) in [5.74, 6) is 1.43. The van der Waals surface area contributed by atoms with Gasteiger partial charge in [-0.05, 0) is 18.2 Å². The van der Waals surface area contributed by atoms with Crippen molar-refractivity contribution in [2.75, 3.05) is 25.3 Å². The van der Waals surface area contributed by atoms with Crippen molar-refractivity contribution in [1.29, 1.82) is 0 Å². The average molecular weight is 245 g/mol. The SMILES string of the molecule is COc1ccc(Nc2cncc(N)c2)c(OC)c1. The topological polar surface area (TPSA) is 69.4 Å². The van der Waals surface area contributed by atoms with Gasteiger partial charge in [-0.25, -0.2) is 0 Å². The highest BCUT2D eigenvalue weighted by atomic mass is 16.5. The van der Waals surface area contributed by atoms with Crippen molar-refractivity contribution in [1.82, 2.24) is 4.98 Å². The van der Waals surface area contributed by atoms with Crippen LogP contribution < -0.4 is 20.5 Å². The van der Waals surface area contributed by atoms with E-state index in [1.165, 1.54) is 0 Å². The lowest BCUT2D eigenvalue weighted by Crippen LogP contribution is -1.97. The second kappa shape index (κ2) is 5.27. The van der Waals surface area contributed by atoms with E-state index >= 15 is 0 Å². The normalized spacial score (nSPS) is 9.89. The molecule has 0 aliphatic heterocycles. The van der Waals surface area contributed by atoms with Crippen LogP contribution in [0.25, 0.3) is 0 Å². The molecule has 0 saturated carbocycles. The number of anilines is 3. The Morgan fingerprint density at radius 2 is 1.94 bits per heavy atom. The number of hydrogen-bond acceptors (Lipinski definition) is 5. The zero-order chi connectivity index (χ0) is 13.0. The molecule has 0 fully saturated rings. The number of nitrogens with one attached hydrogen (secondary N) is 1. The van der Waals surface area contributed by atoms with Gasteiger partial charge in [0.15, 0.2) is 0 Å². The summed E-state index contributed by atoms with van der Waals surface area (Å²) < 4.78 is 10.4. The summed E-state index contributed by atoms with van der Waals surface area (Å²) in [6, 6.07) is 7.34. The summed E-state index contributed by atoms with van der Waals surface area (Å²) in [7, 11) is 3.22. The number of methoxy groups -OCH3 is 2. The molecular formula is C13H15N3O2. The van der Waals surface area contributed by atoms with Crippen molar-refractivity contribution in [3.05, 3.63) is 36.7 Å². The molecule has 2 rings (SSSR count). The van der Waals surface area contributed by atoms with E-state index in [2.05, 4.69) is 10.3 Å². The summed E-state index contributed by atoms with van der Waals surface area (Å²) in [5.41, 5.74) is 7.91. The van der Waals surface area contributed by atoms with Crippen LogP contribution in [0.5, 0.6) is 11.5 Å². The largest absolute Gasteiger partial charge is 0.497 e. The van der Waals surface area contributed by atoms with Crippen molar-refractivity contribution in [3.63, 3.8) is 0 Å². The summed E-state index contributed by atoms with van der Waals surface area (Å²) in [6.07, 6.45) is 3.29. The van der Waals surface area contributed by atoms with Crippen molar-refractivity contribution in [3.8, 4) is 11.5 Å². The quantitative estimate of drug-likeness (QED) is 0.865. The molecule has 1 aromatic carbocycles. The standard InChI is InChI=1S/C13H15N3O2/c1-17-11-3-4-12(13(6-11)18-2)16-10-5-9(14)7-15-8-10/h3-8,16H,14H2,1-2H3. The molecule has 1 aromatic heterocycles. The van der Waals surface area contributed by atoms with Crippen LogP contribution in [0.1, 0.15) is 0 Å². The first kappa shape index (κ1) is 12.0. The first-order valence-corrected chi connectivity index (χ1v) is 5.42. The molecule has 1 heterocycles. The maximum absolute atomic E-state index is 5.67. The first-order valence-electron chi connectivity index (χ1n) is 5.42. The van der Waals surface area contributed by atoms with Gasteiger partial charge < -0.3 is 20.5 Å². The van der Waals surface area contributed by atoms with Gasteiger partial charge in [-0.1, -0.05) is 0 Å². The van der Waals surface area contributed by atoms with Crippen LogP contribution in [0, 0.1) is 0 Å². The monoisotopic (exact) mass is 245 g/mol. The minimum atomic E-state index is 0.604. The van der Waals surface area contributed by atoms with E-state index in [-0.39, 0.29) is 0 Å². The highest BCUT2D eigenvalue weighted by Gasteiger charge is 2.05. The number of nitrogen functional groups attached to an aromatic ring is 1. The average Bonchev–Trinajstić information content (AvgIpc) is 2.39. The third-order valence-electron chi connectivity index (χ3n) is 2.45. The lowest BCUT2D eigenvalue weighted by Gasteiger charge is -2.12. The van der Waals surface area contributed by atoms with Crippen LogP contribution in [-0.2, 0) is 0 Å². The van der Waals surface area contributed by atoms with E-state index in [0.29, 0.717) is 11.4 Å². The van der Waals surface area contributed by atoms with Gasteiger partial charge in [0.2, 0.25) is 0 Å². The fourth-order valence-electron chi connectivity index (χ4n) is 1.58. The Bertz CT molecular complexity index is 544. The Morgan fingerprint density at radius 1 is 1.11 bits per heavy atom. The number of rotatable bonds is 4. The number of nitrogens with zero attached hydrogens (tertiary/aromatic N) is 1. The van der Waals surface area contributed by atoms with Crippen LogP contribution in [0.2, 0.25) is 0 Å². The van der Waals surface area contributed by atoms with Crippen molar-refractivity contribution >= 4 is 17.1 Å². The van der Waals surface area contributed by atoms with Crippen LogP contribution in [0.3, 0.4) is 0 Å². The summed E-state index contributed by atoms with van der Waals surface area (Å²) in [5, 5.41) is 3.19. The molecule has 94 valence electrons. The van der Waals surface area contributed by atoms with Gasteiger partial charge in [0, 0.05) is 12.3 Å². The van der Waals surface area contributed by atoms with Gasteiger partial charge in [0.1, 0.15) is 11.5 Å². The van der Waals surface area contributed by atoms with E-state index in [9.17, 15) is 0 Å². The molecule has 0 bridgehead atoms. The van der Waals surface area contributed by atoms with Crippen molar-refractivity contribution in [2.45, 2.75) is 0 Å². The van der Waals surface area contributed by atoms with Crippen LogP contribution in [0.15, 0.2) is 36.7 Å². The van der Waals surface area contributed by atoms with Gasteiger partial charge in [-0.2, -0.15) is 0 Å². The summed E-state index contributed by atoms with van der Waals surface area (Å²) >= 11 is 0. The molecule has 0 saturated heterocycles. The highest BCUT2D eigenvalue weighted by Crippen LogP contribution is 2.31. The predicted octanol–water partition coefficient (Wildman–Crippen LogP) is 2.42. The lowest BCUT2D eigenvalue weighted by atomic mass is 10.2. The molecule has 0 spiro atoms. The lowest BCUT2D eigenvalue weighted by molar-refractivity contribution is 0.395. The Labute approximate surface area is 106 Å².